The van der Waals surface area contributed by atoms with Crippen LogP contribution in [0.25, 0.3) is 0 Å². The van der Waals surface area contributed by atoms with E-state index in [-0.39, 0.29) is 18.2 Å². The molecule has 0 rings (SSSR count). The fourth-order valence-electron chi connectivity index (χ4n) is 2.13. The fourth-order valence-corrected chi connectivity index (χ4v) is 4.37. The molecule has 3 unspecified atom stereocenters. The SMILES string of the molecule is CNC(CCSPP)C(=O)N[C@H](CCCC(OC)OC)C(=O)OC. The lowest BCUT2D eigenvalue weighted by molar-refractivity contribution is -0.146. The van der Waals surface area contributed by atoms with Gasteiger partial charge in [0.05, 0.1) is 13.2 Å². The van der Waals surface area contributed by atoms with Crippen LogP contribution >= 0.6 is 27.8 Å². The monoisotopic (exact) mass is 400 g/mol. The van der Waals surface area contributed by atoms with Gasteiger partial charge in [-0.1, -0.05) is 0 Å². The summed E-state index contributed by atoms with van der Waals surface area (Å²) in [5, 5.41) is 5.78. The van der Waals surface area contributed by atoms with E-state index in [4.69, 9.17) is 14.2 Å². The molecule has 2 N–H and O–H groups in total. The normalized spacial score (nSPS) is 14.1. The Balaban J connectivity index is 4.53. The lowest BCUT2D eigenvalue weighted by Gasteiger charge is -2.21. The fraction of sp³-hybridized carbons (Fsp3) is 0.857. The molecule has 0 heterocycles. The van der Waals surface area contributed by atoms with Crippen molar-refractivity contribution in [1.29, 1.82) is 0 Å². The number of esters is 1. The molecule has 0 radical (unpaired) electrons. The lowest BCUT2D eigenvalue weighted by Crippen LogP contribution is -2.49. The Morgan fingerprint density at radius 3 is 2.29 bits per heavy atom. The Bertz CT molecular complexity index is 362. The topological polar surface area (TPSA) is 85.9 Å². The highest BCUT2D eigenvalue weighted by Gasteiger charge is 2.25. The minimum Gasteiger partial charge on any atom is -0.467 e. The van der Waals surface area contributed by atoms with Crippen molar-refractivity contribution < 1.29 is 23.8 Å². The zero-order valence-corrected chi connectivity index (χ0v) is 17.8. The van der Waals surface area contributed by atoms with E-state index >= 15 is 0 Å². The van der Waals surface area contributed by atoms with Crippen molar-refractivity contribution in [1.82, 2.24) is 10.6 Å². The number of likely N-dealkylation sites (N-methyl/N-ethyl adjacent to an activating group) is 1. The van der Waals surface area contributed by atoms with Gasteiger partial charge in [-0.3, -0.25) is 4.79 Å². The van der Waals surface area contributed by atoms with Crippen molar-refractivity contribution in [3.05, 3.63) is 0 Å². The molecule has 24 heavy (non-hydrogen) atoms. The molecule has 0 aliphatic carbocycles. The number of methoxy groups -OCH3 is 3. The highest BCUT2D eigenvalue weighted by molar-refractivity contribution is 8.64. The maximum absolute atomic E-state index is 12.4. The van der Waals surface area contributed by atoms with Crippen LogP contribution in [0.15, 0.2) is 0 Å². The summed E-state index contributed by atoms with van der Waals surface area (Å²) in [6.07, 6.45) is 2.17. The number of hydrogen-bond acceptors (Lipinski definition) is 7. The van der Waals surface area contributed by atoms with Crippen molar-refractivity contribution >= 4 is 39.7 Å². The van der Waals surface area contributed by atoms with Gasteiger partial charge in [-0.2, -0.15) is 0 Å². The Labute approximate surface area is 152 Å². The van der Waals surface area contributed by atoms with Crippen molar-refractivity contribution in [3.8, 4) is 0 Å². The second-order valence-corrected chi connectivity index (χ2v) is 9.64. The smallest absolute Gasteiger partial charge is 0.328 e. The summed E-state index contributed by atoms with van der Waals surface area (Å²) < 4.78 is 15.0. The first kappa shape index (κ1) is 24.0. The summed E-state index contributed by atoms with van der Waals surface area (Å²) in [7, 11) is 9.59. The van der Waals surface area contributed by atoms with Crippen LogP contribution < -0.4 is 10.6 Å². The number of carbonyl (C=O) groups is 2. The van der Waals surface area contributed by atoms with Crippen LogP contribution in [0.2, 0.25) is 0 Å². The largest absolute Gasteiger partial charge is 0.467 e. The third-order valence-electron chi connectivity index (χ3n) is 3.52. The Morgan fingerprint density at radius 1 is 1.12 bits per heavy atom. The van der Waals surface area contributed by atoms with Gasteiger partial charge in [0.1, 0.15) is 6.04 Å². The molecule has 4 atom stereocenters. The summed E-state index contributed by atoms with van der Waals surface area (Å²) in [6, 6.07) is -0.985. The standard InChI is InChI=1S/C14H30N2O5P2S/c1-15-10(8-9-24-23-22)13(17)16-11(14(18)21-4)6-5-7-12(19-2)20-3/h10-12,15,23H,5-9,22H2,1-4H3,(H,16,17)/t10?,11-/m1/s1. The Kier molecular flexibility index (Phi) is 15.3. The summed E-state index contributed by atoms with van der Waals surface area (Å²) >= 11 is 1.77. The van der Waals surface area contributed by atoms with Crippen molar-refractivity contribution in [2.75, 3.05) is 34.1 Å². The predicted octanol–water partition coefficient (Wildman–Crippen LogP) is 1.53. The van der Waals surface area contributed by atoms with Crippen LogP contribution in [0.3, 0.4) is 0 Å². The zero-order valence-electron chi connectivity index (χ0n) is 14.8. The highest BCUT2D eigenvalue weighted by atomic mass is 32.9. The van der Waals surface area contributed by atoms with Gasteiger partial charge in [0.2, 0.25) is 5.91 Å². The van der Waals surface area contributed by atoms with E-state index in [2.05, 4.69) is 19.6 Å². The molecule has 0 saturated heterocycles. The maximum Gasteiger partial charge on any atom is 0.328 e. The first-order chi connectivity index (χ1) is 11.5. The molecule has 0 bridgehead atoms. The molecule has 0 spiro atoms. The van der Waals surface area contributed by atoms with Gasteiger partial charge in [-0.05, 0) is 46.0 Å². The molecule has 0 aliphatic rings. The molecule has 0 aromatic rings. The molecule has 0 aromatic heterocycles. The van der Waals surface area contributed by atoms with Gasteiger partial charge in [0.25, 0.3) is 0 Å². The van der Waals surface area contributed by atoms with Crippen LogP contribution in [0, 0.1) is 0 Å². The molecule has 142 valence electrons. The number of carbonyl (C=O) groups excluding carboxylic acids is 2. The first-order valence-electron chi connectivity index (χ1n) is 7.72. The molecule has 0 aromatic carbocycles. The Hall–Kier alpha value is 0.0300. The maximum atomic E-state index is 12.4. The van der Waals surface area contributed by atoms with Gasteiger partial charge in [0, 0.05) is 14.2 Å². The average molecular weight is 400 g/mol. The van der Waals surface area contributed by atoms with Crippen LogP contribution in [0.5, 0.6) is 0 Å². The summed E-state index contributed by atoms with van der Waals surface area (Å²) in [6.45, 7) is 0. The van der Waals surface area contributed by atoms with Crippen molar-refractivity contribution in [2.45, 2.75) is 44.1 Å². The van der Waals surface area contributed by atoms with E-state index in [9.17, 15) is 9.59 Å². The summed E-state index contributed by atoms with van der Waals surface area (Å²) in [4.78, 5) is 24.3. The highest BCUT2D eigenvalue weighted by Crippen LogP contribution is 2.36. The molecular formula is C14H30N2O5P2S. The second-order valence-electron chi connectivity index (χ2n) is 5.01. The van der Waals surface area contributed by atoms with Gasteiger partial charge < -0.3 is 24.8 Å². The number of rotatable bonds is 14. The molecular weight excluding hydrogens is 370 g/mol. The number of ether oxygens (including phenoxy) is 3. The first-order valence-corrected chi connectivity index (χ1v) is 12.2. The van der Waals surface area contributed by atoms with Gasteiger partial charge >= 0.3 is 5.97 Å². The third-order valence-corrected chi connectivity index (χ3v) is 6.74. The van der Waals surface area contributed by atoms with E-state index in [0.29, 0.717) is 25.7 Å². The van der Waals surface area contributed by atoms with E-state index in [1.165, 1.54) is 7.11 Å². The van der Waals surface area contributed by atoms with Crippen molar-refractivity contribution in [2.24, 2.45) is 0 Å². The molecule has 7 nitrogen and oxygen atoms in total. The number of hydrogen-bond donors (Lipinski definition) is 2. The molecule has 0 aliphatic heterocycles. The van der Waals surface area contributed by atoms with Crippen LogP contribution in [-0.4, -0.2) is 64.4 Å². The number of nitrogens with one attached hydrogen (secondary N) is 2. The molecule has 0 fully saturated rings. The quantitative estimate of drug-likeness (QED) is 0.198. The van der Waals surface area contributed by atoms with Gasteiger partial charge in [0.15, 0.2) is 6.29 Å². The average Bonchev–Trinajstić information content (AvgIpc) is 2.60. The third kappa shape index (κ3) is 10.1. The van der Waals surface area contributed by atoms with E-state index in [1.807, 2.05) is 0 Å². The molecule has 1 amide bonds. The minimum atomic E-state index is -0.663. The van der Waals surface area contributed by atoms with Crippen LogP contribution in [0.4, 0.5) is 0 Å². The Morgan fingerprint density at radius 2 is 1.79 bits per heavy atom. The molecule has 0 saturated carbocycles. The van der Waals surface area contributed by atoms with Crippen LogP contribution in [0.1, 0.15) is 25.7 Å². The summed E-state index contributed by atoms with van der Waals surface area (Å²) in [5.41, 5.74) is 0. The van der Waals surface area contributed by atoms with E-state index < -0.39 is 12.0 Å². The lowest BCUT2D eigenvalue weighted by atomic mass is 10.1. The number of amides is 1. The molecule has 10 heteroatoms. The van der Waals surface area contributed by atoms with Gasteiger partial charge in [-0.25, -0.2) is 4.79 Å². The van der Waals surface area contributed by atoms with Crippen LogP contribution in [-0.2, 0) is 23.8 Å². The van der Waals surface area contributed by atoms with Gasteiger partial charge in [-0.15, -0.1) is 20.3 Å². The predicted molar refractivity (Wildman–Crippen MR) is 104 cm³/mol. The minimum absolute atomic E-state index is 0.185. The second kappa shape index (κ2) is 15.3. The zero-order chi connectivity index (χ0) is 18.4. The van der Waals surface area contributed by atoms with Crippen molar-refractivity contribution in [3.63, 3.8) is 0 Å². The van der Waals surface area contributed by atoms with E-state index in [0.717, 1.165) is 13.2 Å². The van der Waals surface area contributed by atoms with E-state index in [1.54, 1.807) is 32.6 Å². The summed E-state index contributed by atoms with van der Waals surface area (Å²) in [5.74, 6) is 0.258.